The van der Waals surface area contributed by atoms with Crippen molar-refractivity contribution >= 4 is 11.6 Å². The molecule has 0 saturated carbocycles. The topological polar surface area (TPSA) is 55.2 Å². The van der Waals surface area contributed by atoms with E-state index in [0.29, 0.717) is 17.1 Å². The molecule has 2 heterocycles. The second-order valence-electron chi connectivity index (χ2n) is 7.67. The lowest BCUT2D eigenvalue weighted by molar-refractivity contribution is 0.0956. The Hall–Kier alpha value is -3.25. The van der Waals surface area contributed by atoms with Crippen LogP contribution in [-0.4, -0.2) is 44.2 Å². The van der Waals surface area contributed by atoms with Gasteiger partial charge in [-0.05, 0) is 49.2 Å². The third-order valence-electron chi connectivity index (χ3n) is 5.77. The molecule has 6 nitrogen and oxygen atoms in total. The van der Waals surface area contributed by atoms with Gasteiger partial charge in [0.15, 0.2) is 11.5 Å². The maximum Gasteiger partial charge on any atom is 0.258 e. The molecule has 1 amide bonds. The molecular formula is C25H28N2O4. The van der Waals surface area contributed by atoms with Gasteiger partial charge in [0.25, 0.3) is 5.91 Å². The highest BCUT2D eigenvalue weighted by atomic mass is 16.5. The van der Waals surface area contributed by atoms with Crippen LogP contribution < -0.4 is 14.4 Å². The first-order valence-electron chi connectivity index (χ1n) is 10.5. The zero-order valence-corrected chi connectivity index (χ0v) is 18.0. The summed E-state index contributed by atoms with van der Waals surface area (Å²) in [5, 5.41) is 0. The highest BCUT2D eigenvalue weighted by Gasteiger charge is 2.30. The average molecular weight is 421 g/mol. The Morgan fingerprint density at radius 1 is 1.00 bits per heavy atom. The number of benzene rings is 2. The lowest BCUT2D eigenvalue weighted by atomic mass is 10.0. The fourth-order valence-electron chi connectivity index (χ4n) is 4.15. The minimum atomic E-state index is -0.00250. The Morgan fingerprint density at radius 3 is 2.39 bits per heavy atom. The van der Waals surface area contributed by atoms with Crippen LogP contribution >= 0.6 is 0 Å². The van der Waals surface area contributed by atoms with Crippen molar-refractivity contribution in [2.75, 3.05) is 32.2 Å². The Labute approximate surface area is 183 Å². The van der Waals surface area contributed by atoms with Gasteiger partial charge in [0, 0.05) is 36.4 Å². The van der Waals surface area contributed by atoms with Gasteiger partial charge in [-0.1, -0.05) is 18.2 Å². The molecule has 162 valence electrons. The largest absolute Gasteiger partial charge is 0.493 e. The van der Waals surface area contributed by atoms with Crippen LogP contribution in [0, 0.1) is 0 Å². The lowest BCUT2D eigenvalue weighted by Gasteiger charge is -2.38. The maximum atomic E-state index is 13.6. The van der Waals surface area contributed by atoms with Crippen LogP contribution in [0.15, 0.2) is 71.3 Å². The Morgan fingerprint density at radius 2 is 1.74 bits per heavy atom. The number of furan rings is 1. The summed E-state index contributed by atoms with van der Waals surface area (Å²) in [4.78, 5) is 17.9. The number of anilines is 1. The first-order valence-corrected chi connectivity index (χ1v) is 10.5. The van der Waals surface area contributed by atoms with Crippen molar-refractivity contribution < 1.29 is 18.7 Å². The second-order valence-corrected chi connectivity index (χ2v) is 7.67. The van der Waals surface area contributed by atoms with Gasteiger partial charge in [-0.25, -0.2) is 0 Å². The predicted molar refractivity (Wildman–Crippen MR) is 120 cm³/mol. The SMILES string of the molecule is COc1ccc(N(C(=O)c2ccccc2)C2CCN(Cc3ccco3)CC2)cc1OC. The van der Waals surface area contributed by atoms with Gasteiger partial charge in [0.2, 0.25) is 0 Å². The summed E-state index contributed by atoms with van der Waals surface area (Å²) >= 11 is 0. The zero-order valence-electron chi connectivity index (χ0n) is 18.0. The molecule has 1 aliphatic heterocycles. The summed E-state index contributed by atoms with van der Waals surface area (Å²) in [5.74, 6) is 2.22. The highest BCUT2D eigenvalue weighted by molar-refractivity contribution is 6.06. The van der Waals surface area contributed by atoms with Crippen LogP contribution in [0.4, 0.5) is 5.69 Å². The fourth-order valence-corrected chi connectivity index (χ4v) is 4.15. The highest BCUT2D eigenvalue weighted by Crippen LogP contribution is 2.34. The average Bonchev–Trinajstić information content (AvgIpc) is 3.34. The molecule has 1 aromatic heterocycles. The van der Waals surface area contributed by atoms with Gasteiger partial charge in [0.05, 0.1) is 27.0 Å². The molecule has 2 aromatic carbocycles. The van der Waals surface area contributed by atoms with Crippen LogP contribution in [0.1, 0.15) is 29.0 Å². The zero-order chi connectivity index (χ0) is 21.6. The summed E-state index contributed by atoms with van der Waals surface area (Å²) in [6.07, 6.45) is 3.47. The van der Waals surface area contributed by atoms with Crippen molar-refractivity contribution in [2.24, 2.45) is 0 Å². The number of carbonyl (C=O) groups excluding carboxylic acids is 1. The minimum absolute atomic E-state index is 0.00250. The van der Waals surface area contributed by atoms with E-state index in [1.54, 1.807) is 20.5 Å². The third-order valence-corrected chi connectivity index (χ3v) is 5.77. The number of hydrogen-bond acceptors (Lipinski definition) is 5. The molecule has 0 atom stereocenters. The second kappa shape index (κ2) is 9.71. The number of piperidine rings is 1. The van der Waals surface area contributed by atoms with Crippen molar-refractivity contribution in [3.05, 3.63) is 78.3 Å². The molecule has 4 rings (SSSR count). The number of rotatable bonds is 7. The van der Waals surface area contributed by atoms with Gasteiger partial charge in [0.1, 0.15) is 5.76 Å². The van der Waals surface area contributed by atoms with Crippen molar-refractivity contribution in [1.82, 2.24) is 4.90 Å². The van der Waals surface area contributed by atoms with Crippen molar-refractivity contribution in [3.63, 3.8) is 0 Å². The number of hydrogen-bond donors (Lipinski definition) is 0. The summed E-state index contributed by atoms with van der Waals surface area (Å²) < 4.78 is 16.4. The first-order chi connectivity index (χ1) is 15.2. The molecule has 0 spiro atoms. The molecule has 1 saturated heterocycles. The van der Waals surface area contributed by atoms with E-state index in [4.69, 9.17) is 13.9 Å². The Bertz CT molecular complexity index is 980. The van der Waals surface area contributed by atoms with Gasteiger partial charge < -0.3 is 18.8 Å². The Balaban J connectivity index is 1.58. The molecular weight excluding hydrogens is 392 g/mol. The van der Waals surface area contributed by atoms with E-state index in [9.17, 15) is 4.79 Å². The third kappa shape index (κ3) is 4.75. The number of carbonyl (C=O) groups is 1. The quantitative estimate of drug-likeness (QED) is 0.559. The van der Waals surface area contributed by atoms with Gasteiger partial charge in [-0.3, -0.25) is 9.69 Å². The smallest absolute Gasteiger partial charge is 0.258 e. The fraction of sp³-hybridized carbons (Fsp3) is 0.320. The number of likely N-dealkylation sites (tertiary alicyclic amines) is 1. The molecule has 3 aromatic rings. The lowest BCUT2D eigenvalue weighted by Crippen LogP contribution is -2.47. The van der Waals surface area contributed by atoms with Crippen molar-refractivity contribution in [2.45, 2.75) is 25.4 Å². The first kappa shape index (κ1) is 21.0. The standard InChI is InChI=1S/C25H28N2O4/c1-29-23-11-10-21(17-24(23)30-2)27(25(28)19-7-4-3-5-8-19)20-12-14-26(15-13-20)18-22-9-6-16-31-22/h3-11,16-17,20H,12-15,18H2,1-2H3. The van der Waals surface area contributed by atoms with E-state index in [2.05, 4.69) is 4.90 Å². The van der Waals surface area contributed by atoms with Crippen LogP contribution in [0.25, 0.3) is 0 Å². The molecule has 6 heteroatoms. The molecule has 1 fully saturated rings. The van der Waals surface area contributed by atoms with E-state index in [1.807, 2.05) is 65.6 Å². The van der Waals surface area contributed by atoms with E-state index in [0.717, 1.165) is 43.9 Å². The number of methoxy groups -OCH3 is 2. The van der Waals surface area contributed by atoms with E-state index < -0.39 is 0 Å². The number of amides is 1. The van der Waals surface area contributed by atoms with Crippen LogP contribution in [0.3, 0.4) is 0 Å². The summed E-state index contributed by atoms with van der Waals surface area (Å²) in [6.45, 7) is 2.59. The molecule has 0 bridgehead atoms. The van der Waals surface area contributed by atoms with Gasteiger partial charge >= 0.3 is 0 Å². The van der Waals surface area contributed by atoms with Gasteiger partial charge in [-0.2, -0.15) is 0 Å². The molecule has 1 aliphatic rings. The summed E-state index contributed by atoms with van der Waals surface area (Å²) in [6, 6.07) is 19.1. The molecule has 0 unspecified atom stereocenters. The van der Waals surface area contributed by atoms with E-state index >= 15 is 0 Å². The summed E-state index contributed by atoms with van der Waals surface area (Å²) in [7, 11) is 3.22. The number of ether oxygens (including phenoxy) is 2. The van der Waals surface area contributed by atoms with Crippen LogP contribution in [0.5, 0.6) is 11.5 Å². The molecule has 0 radical (unpaired) electrons. The predicted octanol–water partition coefficient (Wildman–Crippen LogP) is 4.61. The van der Waals surface area contributed by atoms with Crippen LogP contribution in [-0.2, 0) is 6.54 Å². The molecule has 0 N–H and O–H groups in total. The van der Waals surface area contributed by atoms with Crippen LogP contribution in [0.2, 0.25) is 0 Å². The van der Waals surface area contributed by atoms with Crippen molar-refractivity contribution in [1.29, 1.82) is 0 Å². The minimum Gasteiger partial charge on any atom is -0.493 e. The monoisotopic (exact) mass is 420 g/mol. The molecule has 31 heavy (non-hydrogen) atoms. The van der Waals surface area contributed by atoms with E-state index in [-0.39, 0.29) is 11.9 Å². The molecule has 0 aliphatic carbocycles. The Kier molecular flexibility index (Phi) is 6.57. The normalized spacial score (nSPS) is 14.9. The maximum absolute atomic E-state index is 13.6. The van der Waals surface area contributed by atoms with E-state index in [1.165, 1.54) is 0 Å². The van der Waals surface area contributed by atoms with Gasteiger partial charge in [-0.15, -0.1) is 0 Å². The van der Waals surface area contributed by atoms with Crippen molar-refractivity contribution in [3.8, 4) is 11.5 Å². The summed E-state index contributed by atoms with van der Waals surface area (Å²) in [5.41, 5.74) is 1.49. The number of nitrogens with zero attached hydrogens (tertiary/aromatic N) is 2.